The predicted octanol–water partition coefficient (Wildman–Crippen LogP) is 2.42. The molecule has 3 atom stereocenters. The van der Waals surface area contributed by atoms with Crippen LogP contribution < -0.4 is 5.48 Å². The van der Waals surface area contributed by atoms with E-state index in [1.807, 2.05) is 0 Å². The van der Waals surface area contributed by atoms with Gasteiger partial charge in [0.05, 0.1) is 11.8 Å². The standard InChI is InChI=1S/C18H23ClN2O5/c1-2-13(16(22)20-26)15(11-6-8-12(19)9-7-11)17(23)21-10-4-3-5-14(21)18(24)25/h6-9,13-15,26H,2-5,10H2,1H3,(H,20,22)(H,24,25)/t13-,14-,15+/m0/s1. The van der Waals surface area contributed by atoms with Crippen LogP contribution in [0, 0.1) is 5.92 Å². The van der Waals surface area contributed by atoms with Crippen molar-refractivity contribution in [2.24, 2.45) is 5.92 Å². The molecule has 0 aromatic heterocycles. The minimum atomic E-state index is -1.05. The van der Waals surface area contributed by atoms with Gasteiger partial charge in [0, 0.05) is 11.6 Å². The molecular formula is C18H23ClN2O5. The van der Waals surface area contributed by atoms with Crippen molar-refractivity contribution in [1.29, 1.82) is 0 Å². The molecule has 1 saturated heterocycles. The Morgan fingerprint density at radius 1 is 1.27 bits per heavy atom. The number of carbonyl (C=O) groups is 3. The number of carboxylic acids is 1. The van der Waals surface area contributed by atoms with Crippen LogP contribution in [0.25, 0.3) is 0 Å². The summed E-state index contributed by atoms with van der Waals surface area (Å²) in [7, 11) is 0. The molecule has 26 heavy (non-hydrogen) atoms. The molecule has 0 aliphatic carbocycles. The number of carbonyl (C=O) groups excluding carboxylic acids is 2. The van der Waals surface area contributed by atoms with Crippen LogP contribution in [0.4, 0.5) is 0 Å². The number of halogens is 1. The number of nitrogens with zero attached hydrogens (tertiary/aromatic N) is 1. The Bertz CT molecular complexity index is 664. The lowest BCUT2D eigenvalue weighted by Gasteiger charge is -2.37. The van der Waals surface area contributed by atoms with Crippen LogP contribution in [0.2, 0.25) is 5.02 Å². The molecule has 1 aromatic carbocycles. The number of nitrogens with one attached hydrogen (secondary N) is 1. The van der Waals surface area contributed by atoms with E-state index in [1.165, 1.54) is 4.90 Å². The van der Waals surface area contributed by atoms with Crippen molar-refractivity contribution < 1.29 is 24.7 Å². The first-order valence-electron chi connectivity index (χ1n) is 8.63. The van der Waals surface area contributed by atoms with E-state index in [0.717, 1.165) is 6.42 Å². The summed E-state index contributed by atoms with van der Waals surface area (Å²) in [6, 6.07) is 5.63. The molecular weight excluding hydrogens is 360 g/mol. The van der Waals surface area contributed by atoms with Crippen molar-refractivity contribution in [2.75, 3.05) is 6.54 Å². The van der Waals surface area contributed by atoms with Gasteiger partial charge in [-0.3, -0.25) is 14.8 Å². The molecule has 0 saturated carbocycles. The molecule has 1 heterocycles. The van der Waals surface area contributed by atoms with Gasteiger partial charge in [0.2, 0.25) is 11.8 Å². The summed E-state index contributed by atoms with van der Waals surface area (Å²) in [6.07, 6.45) is 2.14. The lowest BCUT2D eigenvalue weighted by atomic mass is 9.81. The molecule has 0 unspecified atom stereocenters. The Morgan fingerprint density at radius 2 is 1.92 bits per heavy atom. The Labute approximate surface area is 156 Å². The van der Waals surface area contributed by atoms with E-state index in [-0.39, 0.29) is 0 Å². The highest BCUT2D eigenvalue weighted by Crippen LogP contribution is 2.33. The Morgan fingerprint density at radius 3 is 2.46 bits per heavy atom. The number of benzene rings is 1. The fraction of sp³-hybridized carbons (Fsp3) is 0.500. The van der Waals surface area contributed by atoms with Gasteiger partial charge in [0.15, 0.2) is 0 Å². The summed E-state index contributed by atoms with van der Waals surface area (Å²) >= 11 is 5.92. The normalized spacial score (nSPS) is 19.5. The average Bonchev–Trinajstić information content (AvgIpc) is 2.65. The second-order valence-electron chi connectivity index (χ2n) is 6.40. The summed E-state index contributed by atoms with van der Waals surface area (Å²) in [5.74, 6) is -3.87. The van der Waals surface area contributed by atoms with E-state index in [0.29, 0.717) is 36.4 Å². The third-order valence-corrected chi connectivity index (χ3v) is 5.11. The van der Waals surface area contributed by atoms with Crippen molar-refractivity contribution in [1.82, 2.24) is 10.4 Å². The second-order valence-corrected chi connectivity index (χ2v) is 6.84. The van der Waals surface area contributed by atoms with E-state index in [1.54, 1.807) is 36.7 Å². The van der Waals surface area contributed by atoms with Crippen LogP contribution in [0.15, 0.2) is 24.3 Å². The van der Waals surface area contributed by atoms with Crippen LogP contribution in [0.1, 0.15) is 44.1 Å². The Kier molecular flexibility index (Phi) is 6.99. The van der Waals surface area contributed by atoms with Gasteiger partial charge in [-0.1, -0.05) is 30.7 Å². The molecule has 1 aliphatic rings. The first-order valence-corrected chi connectivity index (χ1v) is 9.01. The summed E-state index contributed by atoms with van der Waals surface area (Å²) in [4.78, 5) is 38.4. The minimum absolute atomic E-state index is 0.303. The smallest absolute Gasteiger partial charge is 0.326 e. The summed E-state index contributed by atoms with van der Waals surface area (Å²) in [5.41, 5.74) is 2.18. The van der Waals surface area contributed by atoms with Crippen molar-refractivity contribution in [3.8, 4) is 0 Å². The maximum atomic E-state index is 13.3. The van der Waals surface area contributed by atoms with Gasteiger partial charge in [0.25, 0.3) is 0 Å². The fourth-order valence-electron chi connectivity index (χ4n) is 3.50. The average molecular weight is 383 g/mol. The lowest BCUT2D eigenvalue weighted by molar-refractivity contribution is -0.154. The Hall–Kier alpha value is -2.12. The van der Waals surface area contributed by atoms with E-state index < -0.39 is 35.7 Å². The highest BCUT2D eigenvalue weighted by Gasteiger charge is 2.41. The van der Waals surface area contributed by atoms with Gasteiger partial charge in [-0.25, -0.2) is 10.3 Å². The molecule has 1 aliphatic heterocycles. The number of hydroxylamine groups is 1. The fourth-order valence-corrected chi connectivity index (χ4v) is 3.63. The van der Waals surface area contributed by atoms with Crippen LogP contribution in [-0.4, -0.2) is 45.6 Å². The molecule has 2 amide bonds. The zero-order valence-corrected chi connectivity index (χ0v) is 15.3. The monoisotopic (exact) mass is 382 g/mol. The van der Waals surface area contributed by atoms with Gasteiger partial charge in [-0.2, -0.15) is 0 Å². The highest BCUT2D eigenvalue weighted by molar-refractivity contribution is 6.30. The third kappa shape index (κ3) is 4.34. The van der Waals surface area contributed by atoms with Gasteiger partial charge in [-0.15, -0.1) is 0 Å². The third-order valence-electron chi connectivity index (χ3n) is 4.86. The van der Waals surface area contributed by atoms with E-state index in [2.05, 4.69) is 0 Å². The topological polar surface area (TPSA) is 107 Å². The highest BCUT2D eigenvalue weighted by atomic mass is 35.5. The van der Waals surface area contributed by atoms with Crippen LogP contribution in [-0.2, 0) is 14.4 Å². The van der Waals surface area contributed by atoms with Crippen molar-refractivity contribution >= 4 is 29.4 Å². The number of aliphatic carboxylic acids is 1. The Balaban J connectivity index is 2.44. The van der Waals surface area contributed by atoms with Crippen LogP contribution >= 0.6 is 11.6 Å². The molecule has 142 valence electrons. The van der Waals surface area contributed by atoms with E-state index in [4.69, 9.17) is 16.8 Å². The zero-order valence-electron chi connectivity index (χ0n) is 14.5. The summed E-state index contributed by atoms with van der Waals surface area (Å²) < 4.78 is 0. The number of amides is 2. The largest absolute Gasteiger partial charge is 0.480 e. The number of rotatable bonds is 6. The molecule has 3 N–H and O–H groups in total. The molecule has 1 aromatic rings. The molecule has 2 rings (SSSR count). The van der Waals surface area contributed by atoms with Gasteiger partial charge < -0.3 is 10.0 Å². The molecule has 0 radical (unpaired) electrons. The van der Waals surface area contributed by atoms with Crippen molar-refractivity contribution in [3.05, 3.63) is 34.9 Å². The molecule has 0 bridgehead atoms. The predicted molar refractivity (Wildman–Crippen MR) is 94.9 cm³/mol. The number of carboxylic acid groups (broad SMARTS) is 1. The van der Waals surface area contributed by atoms with Crippen molar-refractivity contribution in [2.45, 2.75) is 44.6 Å². The minimum Gasteiger partial charge on any atom is -0.480 e. The number of hydrogen-bond donors (Lipinski definition) is 3. The first-order chi connectivity index (χ1) is 12.4. The molecule has 0 spiro atoms. The molecule has 8 heteroatoms. The molecule has 1 fully saturated rings. The van der Waals surface area contributed by atoms with Crippen LogP contribution in [0.5, 0.6) is 0 Å². The van der Waals surface area contributed by atoms with Gasteiger partial charge in [0.1, 0.15) is 6.04 Å². The number of piperidine rings is 1. The second kappa shape index (κ2) is 9.00. The maximum absolute atomic E-state index is 13.3. The summed E-state index contributed by atoms with van der Waals surface area (Å²) in [6.45, 7) is 2.07. The quantitative estimate of drug-likeness (QED) is 0.517. The lowest BCUT2D eigenvalue weighted by Crippen LogP contribution is -2.51. The van der Waals surface area contributed by atoms with Crippen molar-refractivity contribution in [3.63, 3.8) is 0 Å². The summed E-state index contributed by atoms with van der Waals surface area (Å²) in [5, 5.41) is 19.0. The SMILES string of the molecule is CC[C@H](C(=O)NO)[C@H](C(=O)N1CCCC[C@H]1C(=O)O)c1ccc(Cl)cc1. The zero-order chi connectivity index (χ0) is 19.3. The first kappa shape index (κ1) is 20.2. The van der Waals surface area contributed by atoms with E-state index in [9.17, 15) is 19.5 Å². The molecule has 7 nitrogen and oxygen atoms in total. The number of hydrogen-bond acceptors (Lipinski definition) is 4. The number of likely N-dealkylation sites (tertiary alicyclic amines) is 1. The van der Waals surface area contributed by atoms with Gasteiger partial charge >= 0.3 is 5.97 Å². The van der Waals surface area contributed by atoms with Crippen LogP contribution in [0.3, 0.4) is 0 Å². The maximum Gasteiger partial charge on any atom is 0.326 e. The van der Waals surface area contributed by atoms with Gasteiger partial charge in [-0.05, 0) is 43.4 Å². The van der Waals surface area contributed by atoms with E-state index >= 15 is 0 Å².